The topological polar surface area (TPSA) is 90.3 Å². The van der Waals surface area contributed by atoms with Gasteiger partial charge in [0.05, 0.1) is 28.8 Å². The summed E-state index contributed by atoms with van der Waals surface area (Å²) in [5.41, 5.74) is 2.01. The van der Waals surface area contributed by atoms with Crippen molar-refractivity contribution < 1.29 is 14.3 Å². The van der Waals surface area contributed by atoms with Gasteiger partial charge in [0.1, 0.15) is 5.00 Å². The predicted molar refractivity (Wildman–Crippen MR) is 133 cm³/mol. The lowest BCUT2D eigenvalue weighted by atomic mass is 10.1. The van der Waals surface area contributed by atoms with Crippen molar-refractivity contribution in [3.8, 4) is 0 Å². The fourth-order valence-corrected chi connectivity index (χ4v) is 6.19. The molecule has 1 amide bonds. The Kier molecular flexibility index (Phi) is 7.19. The molecular formula is C24H27N3O4S2. The number of amides is 1. The number of rotatable bonds is 8. The molecule has 0 radical (unpaired) electrons. The maximum Gasteiger partial charge on any atom is 0.341 e. The molecule has 1 aromatic carbocycles. The van der Waals surface area contributed by atoms with Crippen LogP contribution in [0.25, 0.3) is 10.9 Å². The standard InChI is InChI=1S/C24H27N3O4S2/c1-4-14(3)27-22(29)15-9-6-7-11-17(15)25-24(27)32-13-19(28)26-21-20(23(30)31-5-2)16-10-8-12-18(16)33-21/h6-7,9,11,14H,4-5,8,10,12-13H2,1-3H3,(H,26,28). The number of benzene rings is 1. The first-order valence-corrected chi connectivity index (χ1v) is 13.0. The van der Waals surface area contributed by atoms with Gasteiger partial charge in [-0.1, -0.05) is 30.8 Å². The number of nitrogens with one attached hydrogen (secondary N) is 1. The van der Waals surface area contributed by atoms with Crippen LogP contribution >= 0.6 is 23.1 Å². The number of fused-ring (bicyclic) bond motifs is 2. The van der Waals surface area contributed by atoms with E-state index in [1.165, 1.54) is 23.1 Å². The lowest BCUT2D eigenvalue weighted by molar-refractivity contribution is -0.113. The Labute approximate surface area is 200 Å². The molecule has 1 aliphatic rings. The van der Waals surface area contributed by atoms with Gasteiger partial charge in [-0.05, 0) is 57.2 Å². The van der Waals surface area contributed by atoms with Crippen LogP contribution < -0.4 is 10.9 Å². The number of ether oxygens (including phenoxy) is 1. The zero-order chi connectivity index (χ0) is 23.5. The van der Waals surface area contributed by atoms with E-state index in [0.717, 1.165) is 36.1 Å². The minimum atomic E-state index is -0.387. The maximum absolute atomic E-state index is 13.1. The molecule has 9 heteroatoms. The van der Waals surface area contributed by atoms with Crippen molar-refractivity contribution in [2.45, 2.75) is 57.7 Å². The smallest absolute Gasteiger partial charge is 0.341 e. The van der Waals surface area contributed by atoms with Crippen LogP contribution in [-0.4, -0.2) is 33.8 Å². The molecule has 3 aromatic rings. The third kappa shape index (κ3) is 4.70. The summed E-state index contributed by atoms with van der Waals surface area (Å²) in [6.07, 6.45) is 3.52. The predicted octanol–water partition coefficient (Wildman–Crippen LogP) is 4.83. The van der Waals surface area contributed by atoms with Crippen molar-refractivity contribution in [2.24, 2.45) is 0 Å². The van der Waals surface area contributed by atoms with E-state index in [0.29, 0.717) is 26.6 Å². The quantitative estimate of drug-likeness (QED) is 0.279. The van der Waals surface area contributed by atoms with Gasteiger partial charge in [0.2, 0.25) is 5.91 Å². The maximum atomic E-state index is 13.1. The fourth-order valence-electron chi connectivity index (χ4n) is 4.00. The Morgan fingerprint density at radius 2 is 2.06 bits per heavy atom. The van der Waals surface area contributed by atoms with Crippen LogP contribution in [0.1, 0.15) is 60.5 Å². The summed E-state index contributed by atoms with van der Waals surface area (Å²) in [6.45, 7) is 6.04. The number of hydrogen-bond donors (Lipinski definition) is 1. The molecule has 1 unspecified atom stereocenters. The van der Waals surface area contributed by atoms with Gasteiger partial charge in [-0.25, -0.2) is 9.78 Å². The number of esters is 1. The van der Waals surface area contributed by atoms with E-state index >= 15 is 0 Å². The first kappa shape index (κ1) is 23.5. The molecule has 4 rings (SSSR count). The number of thioether (sulfide) groups is 1. The Balaban J connectivity index is 1.57. The fraction of sp³-hybridized carbons (Fsp3) is 0.417. The number of carbonyl (C=O) groups is 2. The average Bonchev–Trinajstić information content (AvgIpc) is 3.38. The number of carbonyl (C=O) groups excluding carboxylic acids is 2. The molecule has 174 valence electrons. The van der Waals surface area contributed by atoms with Crippen molar-refractivity contribution in [3.63, 3.8) is 0 Å². The third-order valence-corrected chi connectivity index (χ3v) is 7.95. The van der Waals surface area contributed by atoms with Crippen molar-refractivity contribution in [3.05, 3.63) is 50.6 Å². The minimum absolute atomic E-state index is 0.0455. The molecule has 2 heterocycles. The van der Waals surface area contributed by atoms with Gasteiger partial charge in [0.15, 0.2) is 5.16 Å². The van der Waals surface area contributed by atoms with E-state index < -0.39 is 0 Å². The number of para-hydroxylation sites is 1. The monoisotopic (exact) mass is 485 g/mol. The first-order valence-electron chi connectivity index (χ1n) is 11.2. The highest BCUT2D eigenvalue weighted by atomic mass is 32.2. The van der Waals surface area contributed by atoms with Gasteiger partial charge in [-0.3, -0.25) is 14.2 Å². The van der Waals surface area contributed by atoms with Gasteiger partial charge >= 0.3 is 5.97 Å². The van der Waals surface area contributed by atoms with Gasteiger partial charge in [0.25, 0.3) is 5.56 Å². The molecule has 0 saturated carbocycles. The Bertz CT molecular complexity index is 1260. The molecule has 7 nitrogen and oxygen atoms in total. The molecule has 0 spiro atoms. The number of aromatic nitrogens is 2. The summed E-state index contributed by atoms with van der Waals surface area (Å²) >= 11 is 2.69. The summed E-state index contributed by atoms with van der Waals surface area (Å²) in [6, 6.07) is 7.21. The van der Waals surface area contributed by atoms with Gasteiger partial charge < -0.3 is 10.1 Å². The molecule has 1 N–H and O–H groups in total. The number of nitrogens with zero attached hydrogens (tertiary/aromatic N) is 2. The average molecular weight is 486 g/mol. The lowest BCUT2D eigenvalue weighted by Gasteiger charge is -2.18. The van der Waals surface area contributed by atoms with Gasteiger partial charge in [-0.15, -0.1) is 11.3 Å². The molecule has 1 aliphatic carbocycles. The second-order valence-electron chi connectivity index (χ2n) is 7.96. The number of aryl methyl sites for hydroxylation is 1. The molecule has 0 saturated heterocycles. The summed E-state index contributed by atoms with van der Waals surface area (Å²) in [5, 5.41) is 4.54. The van der Waals surface area contributed by atoms with Gasteiger partial charge in [-0.2, -0.15) is 0 Å². The van der Waals surface area contributed by atoms with Crippen LogP contribution in [0.2, 0.25) is 0 Å². The highest BCUT2D eigenvalue weighted by molar-refractivity contribution is 7.99. The number of anilines is 1. The van der Waals surface area contributed by atoms with E-state index in [4.69, 9.17) is 4.74 Å². The second kappa shape index (κ2) is 10.1. The molecule has 0 bridgehead atoms. The SMILES string of the molecule is CCOC(=O)c1c(NC(=O)CSc2nc3ccccc3c(=O)n2C(C)CC)sc2c1CCC2. The molecule has 33 heavy (non-hydrogen) atoms. The van der Waals surface area contributed by atoms with Crippen LogP contribution in [0.4, 0.5) is 5.00 Å². The van der Waals surface area contributed by atoms with Crippen LogP contribution in [0.15, 0.2) is 34.2 Å². The summed E-state index contributed by atoms with van der Waals surface area (Å²) < 4.78 is 6.91. The van der Waals surface area contributed by atoms with Crippen LogP contribution in [0.3, 0.4) is 0 Å². The molecule has 0 fully saturated rings. The Morgan fingerprint density at radius 1 is 1.27 bits per heavy atom. The number of hydrogen-bond acceptors (Lipinski definition) is 7. The van der Waals surface area contributed by atoms with E-state index in [2.05, 4.69) is 10.3 Å². The highest BCUT2D eigenvalue weighted by Gasteiger charge is 2.28. The summed E-state index contributed by atoms with van der Waals surface area (Å²) in [4.78, 5) is 44.3. The second-order valence-corrected chi connectivity index (χ2v) is 10.0. The number of thiophene rings is 1. The normalized spacial score (nSPS) is 13.7. The Morgan fingerprint density at radius 3 is 2.82 bits per heavy atom. The largest absolute Gasteiger partial charge is 0.462 e. The molecular weight excluding hydrogens is 458 g/mol. The van der Waals surface area contributed by atoms with E-state index in [-0.39, 0.29) is 35.8 Å². The van der Waals surface area contributed by atoms with Crippen molar-refractivity contribution >= 4 is 50.9 Å². The van der Waals surface area contributed by atoms with E-state index in [1.807, 2.05) is 26.0 Å². The molecule has 0 aliphatic heterocycles. The van der Waals surface area contributed by atoms with Crippen LogP contribution in [0.5, 0.6) is 0 Å². The highest BCUT2D eigenvalue weighted by Crippen LogP contribution is 2.39. The zero-order valence-corrected chi connectivity index (χ0v) is 20.6. The van der Waals surface area contributed by atoms with Gasteiger partial charge in [0, 0.05) is 10.9 Å². The minimum Gasteiger partial charge on any atom is -0.462 e. The zero-order valence-electron chi connectivity index (χ0n) is 19.0. The van der Waals surface area contributed by atoms with Crippen molar-refractivity contribution in [1.29, 1.82) is 0 Å². The third-order valence-electron chi connectivity index (χ3n) is 5.79. The van der Waals surface area contributed by atoms with Crippen LogP contribution in [-0.2, 0) is 22.4 Å². The summed E-state index contributed by atoms with van der Waals surface area (Å²) in [5.74, 6) is -0.559. The molecule has 2 aromatic heterocycles. The van der Waals surface area contributed by atoms with E-state index in [9.17, 15) is 14.4 Å². The van der Waals surface area contributed by atoms with Crippen LogP contribution in [0, 0.1) is 0 Å². The summed E-state index contributed by atoms with van der Waals surface area (Å²) in [7, 11) is 0. The van der Waals surface area contributed by atoms with Crippen molar-refractivity contribution in [1.82, 2.24) is 9.55 Å². The Hall–Kier alpha value is -2.65. The first-order chi connectivity index (χ1) is 15.9. The lowest BCUT2D eigenvalue weighted by Crippen LogP contribution is -2.26. The van der Waals surface area contributed by atoms with E-state index in [1.54, 1.807) is 23.6 Å². The van der Waals surface area contributed by atoms with Crippen molar-refractivity contribution in [2.75, 3.05) is 17.7 Å². The molecule has 1 atom stereocenters.